The smallest absolute Gasteiger partial charge is 0.0629 e. The highest BCUT2D eigenvalue weighted by Gasteiger charge is 2.19. The molecule has 0 aliphatic carbocycles. The van der Waals surface area contributed by atoms with Crippen molar-refractivity contribution in [2.75, 3.05) is 0 Å². The van der Waals surface area contributed by atoms with Crippen molar-refractivity contribution in [3.05, 3.63) is 115 Å². The van der Waals surface area contributed by atoms with Gasteiger partial charge in [0.15, 0.2) is 0 Å². The lowest BCUT2D eigenvalue weighted by atomic mass is 9.98. The fraction of sp³-hybridized carbons (Fsp3) is 0. The zero-order valence-corrected chi connectivity index (χ0v) is 17.5. The van der Waals surface area contributed by atoms with Crippen LogP contribution in [0.1, 0.15) is 6.85 Å². The molecule has 152 valence electrons. The van der Waals surface area contributed by atoms with E-state index >= 15 is 0 Å². The summed E-state index contributed by atoms with van der Waals surface area (Å²) < 4.78 is 44.1. The summed E-state index contributed by atoms with van der Waals surface area (Å²) in [6, 6.07) is 28.0. The molecular weight excluding hydrogens is 398 g/mol. The van der Waals surface area contributed by atoms with Crippen LogP contribution in [0.5, 0.6) is 0 Å². The van der Waals surface area contributed by atoms with E-state index in [-0.39, 0.29) is 35.8 Å². The molecule has 33 heavy (non-hydrogen) atoms. The van der Waals surface area contributed by atoms with Crippen LogP contribution >= 0.6 is 0 Å². The molecule has 0 radical (unpaired) electrons. The van der Waals surface area contributed by atoms with E-state index in [2.05, 4.69) is 52.9 Å². The molecule has 1 heteroatoms. The number of fused-ring (bicyclic) bond motifs is 8. The average molecular weight is 423 g/mol. The molecule has 0 unspecified atom stereocenters. The normalized spacial score (nSPS) is 14.4. The van der Waals surface area contributed by atoms with E-state index in [0.717, 1.165) is 59.6 Å². The third-order valence-electron chi connectivity index (χ3n) is 6.91. The summed E-state index contributed by atoms with van der Waals surface area (Å²) in [5.74, 6) is 0. The van der Waals surface area contributed by atoms with Crippen molar-refractivity contribution in [2.45, 2.75) is 0 Å². The maximum atomic E-state index is 8.63. The average Bonchev–Trinajstić information content (AvgIpc) is 3.43. The summed E-state index contributed by atoms with van der Waals surface area (Å²) in [5.41, 5.74) is 4.11. The third kappa shape index (κ3) is 2.26. The Morgan fingerprint density at radius 1 is 0.485 bits per heavy atom. The van der Waals surface area contributed by atoms with Crippen LogP contribution in [-0.4, -0.2) is 4.40 Å². The zero-order valence-electron chi connectivity index (χ0n) is 22.5. The molecule has 0 fully saturated rings. The van der Waals surface area contributed by atoms with Crippen molar-refractivity contribution in [3.8, 4) is 11.1 Å². The number of nitrogens with zero attached hydrogens (tertiary/aromatic N) is 1. The van der Waals surface area contributed by atoms with Crippen LogP contribution < -0.4 is 0 Å². The molecule has 1 nitrogen and oxygen atoms in total. The summed E-state index contributed by atoms with van der Waals surface area (Å²) in [7, 11) is 0. The maximum Gasteiger partial charge on any atom is 0.0629 e. The van der Waals surface area contributed by atoms with E-state index in [1.54, 1.807) is 0 Å². The monoisotopic (exact) mass is 422 g/mol. The van der Waals surface area contributed by atoms with Crippen LogP contribution in [0.2, 0.25) is 0 Å². The SMILES string of the molecule is [2H]c1c([2H])c([2H])c(-c2cc3c4cc5ccccc5cc4n4c5cc6ccccc6cc5c(c2)c34)c([2H])c1[2H]. The summed E-state index contributed by atoms with van der Waals surface area (Å²) in [6.45, 7) is 0. The molecule has 6 aromatic carbocycles. The van der Waals surface area contributed by atoms with E-state index in [4.69, 9.17) is 6.85 Å². The second-order valence-electron chi connectivity index (χ2n) is 8.69. The Bertz CT molecular complexity index is 2150. The predicted octanol–water partition coefficient (Wildman–Crippen LogP) is 8.81. The lowest BCUT2D eigenvalue weighted by molar-refractivity contribution is 1.38. The molecule has 0 bridgehead atoms. The van der Waals surface area contributed by atoms with Gasteiger partial charge in [0.05, 0.1) is 23.4 Å². The molecule has 8 rings (SSSR count). The first-order valence-electron chi connectivity index (χ1n) is 13.5. The minimum absolute atomic E-state index is 0.187. The second-order valence-corrected chi connectivity index (χ2v) is 8.69. The highest BCUT2D eigenvalue weighted by atomic mass is 14.9. The van der Waals surface area contributed by atoms with Crippen molar-refractivity contribution in [1.29, 1.82) is 0 Å². The molecular formula is C32H19N. The first-order valence-corrected chi connectivity index (χ1v) is 11.0. The number of hydrogen-bond donors (Lipinski definition) is 0. The molecule has 0 saturated heterocycles. The Labute approximate surface area is 197 Å². The first kappa shape index (κ1) is 13.2. The van der Waals surface area contributed by atoms with Crippen molar-refractivity contribution < 1.29 is 6.85 Å². The Morgan fingerprint density at radius 2 is 0.970 bits per heavy atom. The van der Waals surface area contributed by atoms with Crippen LogP contribution in [0.4, 0.5) is 0 Å². The van der Waals surface area contributed by atoms with Crippen LogP contribution in [0.3, 0.4) is 0 Å². The molecule has 0 saturated carbocycles. The van der Waals surface area contributed by atoms with Gasteiger partial charge in [0.25, 0.3) is 0 Å². The number of benzene rings is 6. The van der Waals surface area contributed by atoms with E-state index in [1.807, 2.05) is 36.4 Å². The molecule has 0 atom stereocenters. The quantitative estimate of drug-likeness (QED) is 0.249. The Balaban J connectivity index is 1.63. The predicted molar refractivity (Wildman–Crippen MR) is 142 cm³/mol. The number of aromatic nitrogens is 1. The van der Waals surface area contributed by atoms with E-state index in [9.17, 15) is 0 Å². The Kier molecular flexibility index (Phi) is 2.45. The zero-order chi connectivity index (χ0) is 25.9. The standard InChI is InChI=1S/C32H19N/c1-2-8-20(9-3-1)25-16-28-26-14-21-10-4-6-12-23(21)18-30(26)33-31-19-24-13-7-5-11-22(24)15-27(31)29(17-25)32(28)33/h1-19H/i1D,2D,3D,8D,9D. The third-order valence-corrected chi connectivity index (χ3v) is 6.91. The van der Waals surface area contributed by atoms with Crippen LogP contribution in [0, 0.1) is 0 Å². The first-order chi connectivity index (χ1) is 18.4. The van der Waals surface area contributed by atoms with Gasteiger partial charge < -0.3 is 4.40 Å². The molecule has 2 heterocycles. The van der Waals surface area contributed by atoms with Gasteiger partial charge in [0.1, 0.15) is 0 Å². The van der Waals surface area contributed by atoms with Crippen LogP contribution in [0.25, 0.3) is 70.8 Å². The fourth-order valence-electron chi connectivity index (χ4n) is 5.45. The summed E-state index contributed by atoms with van der Waals surface area (Å²) in [4.78, 5) is 0. The minimum Gasteiger partial charge on any atom is -0.308 e. The van der Waals surface area contributed by atoms with Gasteiger partial charge in [-0.2, -0.15) is 0 Å². The van der Waals surface area contributed by atoms with Crippen molar-refractivity contribution in [1.82, 2.24) is 4.40 Å². The molecule has 0 amide bonds. The minimum atomic E-state index is -0.380. The van der Waals surface area contributed by atoms with Gasteiger partial charge in [-0.3, -0.25) is 0 Å². The topological polar surface area (TPSA) is 4.41 Å². The molecule has 0 aliphatic rings. The van der Waals surface area contributed by atoms with Gasteiger partial charge in [-0.25, -0.2) is 0 Å². The largest absolute Gasteiger partial charge is 0.308 e. The lowest BCUT2D eigenvalue weighted by Crippen LogP contribution is -1.82. The maximum absolute atomic E-state index is 8.63. The van der Waals surface area contributed by atoms with Crippen molar-refractivity contribution in [3.63, 3.8) is 0 Å². The van der Waals surface area contributed by atoms with E-state index < -0.39 is 0 Å². The number of hydrogen-bond acceptors (Lipinski definition) is 0. The van der Waals surface area contributed by atoms with Crippen LogP contribution in [0.15, 0.2) is 115 Å². The Hall–Kier alpha value is -4.36. The Morgan fingerprint density at radius 3 is 1.48 bits per heavy atom. The van der Waals surface area contributed by atoms with Gasteiger partial charge in [0.2, 0.25) is 0 Å². The number of rotatable bonds is 1. The fourth-order valence-corrected chi connectivity index (χ4v) is 5.45. The van der Waals surface area contributed by atoms with Crippen molar-refractivity contribution >= 4 is 59.6 Å². The van der Waals surface area contributed by atoms with Gasteiger partial charge in [-0.1, -0.05) is 78.7 Å². The lowest BCUT2D eigenvalue weighted by Gasteiger charge is -2.05. The van der Waals surface area contributed by atoms with Crippen LogP contribution in [-0.2, 0) is 0 Å². The van der Waals surface area contributed by atoms with Gasteiger partial charge in [0, 0.05) is 21.5 Å². The molecule has 0 spiro atoms. The molecule has 0 aliphatic heterocycles. The molecule has 0 N–H and O–H groups in total. The van der Waals surface area contributed by atoms with Gasteiger partial charge in [-0.15, -0.1) is 0 Å². The summed E-state index contributed by atoms with van der Waals surface area (Å²) in [6.07, 6.45) is 0. The molecule has 8 aromatic rings. The van der Waals surface area contributed by atoms with Gasteiger partial charge in [-0.05, 0) is 69.1 Å². The highest BCUT2D eigenvalue weighted by molar-refractivity contribution is 6.26. The van der Waals surface area contributed by atoms with E-state index in [0.29, 0.717) is 5.56 Å². The highest BCUT2D eigenvalue weighted by Crippen LogP contribution is 2.43. The van der Waals surface area contributed by atoms with Gasteiger partial charge >= 0.3 is 0 Å². The summed E-state index contributed by atoms with van der Waals surface area (Å²) in [5, 5.41) is 8.74. The van der Waals surface area contributed by atoms with Crippen molar-refractivity contribution in [2.24, 2.45) is 0 Å². The second kappa shape index (κ2) is 6.11. The van der Waals surface area contributed by atoms with E-state index in [1.165, 1.54) is 0 Å². The molecule has 2 aromatic heterocycles. The summed E-state index contributed by atoms with van der Waals surface area (Å²) >= 11 is 0.